The molecular weight excluding hydrogens is 268 g/mol. The van der Waals surface area contributed by atoms with Crippen molar-refractivity contribution in [2.45, 2.75) is 20.3 Å². The van der Waals surface area contributed by atoms with Crippen molar-refractivity contribution in [3.8, 4) is 5.75 Å². The Kier molecular flexibility index (Phi) is 8.86. The van der Waals surface area contributed by atoms with Crippen molar-refractivity contribution < 1.29 is 21.9 Å². The Bertz CT molecular complexity index is 466. The summed E-state index contributed by atoms with van der Waals surface area (Å²) in [6, 6.07) is 6.53. The van der Waals surface area contributed by atoms with Gasteiger partial charge in [0, 0.05) is 13.2 Å². The number of hydrogen-bond donors (Lipinski definition) is 1. The van der Waals surface area contributed by atoms with Crippen molar-refractivity contribution in [2.75, 3.05) is 13.2 Å². The van der Waals surface area contributed by atoms with Crippen molar-refractivity contribution >= 4 is 10.4 Å². The van der Waals surface area contributed by atoms with Gasteiger partial charge < -0.3 is 8.92 Å². The molecule has 0 aliphatic carbocycles. The Hall–Kier alpha value is -1.37. The van der Waals surface area contributed by atoms with Gasteiger partial charge in [0.25, 0.3) is 0 Å². The SMILES string of the molecule is C=CCc1ccccc1OS(=O)(=O)O.CCOCC. The first-order valence-electron chi connectivity index (χ1n) is 5.88. The van der Waals surface area contributed by atoms with E-state index in [0.29, 0.717) is 12.0 Å². The fourth-order valence-corrected chi connectivity index (χ4v) is 1.62. The normalized spacial score (nSPS) is 10.3. The van der Waals surface area contributed by atoms with Crippen LogP contribution in [0.3, 0.4) is 0 Å². The highest BCUT2D eigenvalue weighted by Crippen LogP contribution is 2.19. The second kappa shape index (κ2) is 9.55. The van der Waals surface area contributed by atoms with E-state index >= 15 is 0 Å². The Labute approximate surface area is 114 Å². The lowest BCUT2D eigenvalue weighted by Gasteiger charge is -2.05. The molecule has 108 valence electrons. The molecule has 0 aliphatic heterocycles. The van der Waals surface area contributed by atoms with Gasteiger partial charge in [0.05, 0.1) is 0 Å². The van der Waals surface area contributed by atoms with Crippen LogP contribution in [0, 0.1) is 0 Å². The maximum atomic E-state index is 10.5. The van der Waals surface area contributed by atoms with E-state index in [1.165, 1.54) is 6.07 Å². The van der Waals surface area contributed by atoms with Gasteiger partial charge in [-0.3, -0.25) is 4.55 Å². The largest absolute Gasteiger partial charge is 0.446 e. The van der Waals surface area contributed by atoms with Crippen LogP contribution in [0.25, 0.3) is 0 Å². The number of hydrogen-bond acceptors (Lipinski definition) is 4. The highest BCUT2D eigenvalue weighted by molar-refractivity contribution is 7.81. The summed E-state index contributed by atoms with van der Waals surface area (Å²) in [6.45, 7) is 9.19. The number of ether oxygens (including phenoxy) is 1. The van der Waals surface area contributed by atoms with Gasteiger partial charge in [-0.25, -0.2) is 0 Å². The Morgan fingerprint density at radius 1 is 1.26 bits per heavy atom. The van der Waals surface area contributed by atoms with Crippen LogP contribution in [0.2, 0.25) is 0 Å². The summed E-state index contributed by atoms with van der Waals surface area (Å²) >= 11 is 0. The maximum Gasteiger partial charge on any atom is 0.446 e. The van der Waals surface area contributed by atoms with E-state index in [4.69, 9.17) is 9.29 Å². The van der Waals surface area contributed by atoms with Gasteiger partial charge in [0.15, 0.2) is 0 Å². The van der Waals surface area contributed by atoms with Crippen LogP contribution < -0.4 is 4.18 Å². The molecule has 0 fully saturated rings. The molecule has 19 heavy (non-hydrogen) atoms. The zero-order valence-corrected chi connectivity index (χ0v) is 12.0. The maximum absolute atomic E-state index is 10.5. The smallest absolute Gasteiger partial charge is 0.382 e. The number of para-hydroxylation sites is 1. The van der Waals surface area contributed by atoms with Crippen LogP contribution in [-0.2, 0) is 21.6 Å². The fourth-order valence-electron chi connectivity index (χ4n) is 1.23. The summed E-state index contributed by atoms with van der Waals surface area (Å²) in [5, 5.41) is 0. The second-order valence-corrected chi connectivity index (χ2v) is 4.42. The van der Waals surface area contributed by atoms with E-state index in [-0.39, 0.29) is 5.75 Å². The van der Waals surface area contributed by atoms with Gasteiger partial charge in [-0.2, -0.15) is 8.42 Å². The highest BCUT2D eigenvalue weighted by atomic mass is 32.3. The average molecular weight is 288 g/mol. The molecule has 0 saturated carbocycles. The monoisotopic (exact) mass is 288 g/mol. The minimum atomic E-state index is -4.45. The van der Waals surface area contributed by atoms with E-state index in [1.54, 1.807) is 24.3 Å². The second-order valence-electron chi connectivity index (χ2n) is 3.39. The lowest BCUT2D eigenvalue weighted by Crippen LogP contribution is -2.08. The quantitative estimate of drug-likeness (QED) is 0.643. The molecular formula is C13H20O5S. The first kappa shape index (κ1) is 17.6. The molecule has 0 spiro atoms. The van der Waals surface area contributed by atoms with Crippen LogP contribution in [-0.4, -0.2) is 26.2 Å². The van der Waals surface area contributed by atoms with Gasteiger partial charge >= 0.3 is 10.4 Å². The van der Waals surface area contributed by atoms with Gasteiger partial charge in [-0.15, -0.1) is 6.58 Å². The Morgan fingerprint density at radius 3 is 2.26 bits per heavy atom. The average Bonchev–Trinajstić information content (AvgIpc) is 2.32. The summed E-state index contributed by atoms with van der Waals surface area (Å²) in [6.07, 6.45) is 2.10. The van der Waals surface area contributed by atoms with E-state index in [9.17, 15) is 8.42 Å². The zero-order valence-electron chi connectivity index (χ0n) is 11.2. The minimum absolute atomic E-state index is 0.120. The van der Waals surface area contributed by atoms with Crippen LogP contribution in [0.4, 0.5) is 0 Å². The van der Waals surface area contributed by atoms with Crippen molar-refractivity contribution in [1.82, 2.24) is 0 Å². The highest BCUT2D eigenvalue weighted by Gasteiger charge is 2.09. The molecule has 1 aromatic carbocycles. The molecule has 0 atom stereocenters. The van der Waals surface area contributed by atoms with E-state index < -0.39 is 10.4 Å². The summed E-state index contributed by atoms with van der Waals surface area (Å²) in [4.78, 5) is 0. The van der Waals surface area contributed by atoms with Crippen LogP contribution >= 0.6 is 0 Å². The standard InChI is InChI=1S/C9H10O4S.C4H10O/c1-2-5-8-6-3-4-7-9(8)13-14(10,11)12;1-3-5-4-2/h2-4,6-7H,1,5H2,(H,10,11,12);3-4H2,1-2H3. The molecule has 0 saturated heterocycles. The zero-order chi connectivity index (χ0) is 14.7. The summed E-state index contributed by atoms with van der Waals surface area (Å²) in [7, 11) is -4.45. The molecule has 6 heteroatoms. The molecule has 0 heterocycles. The fraction of sp³-hybridized carbons (Fsp3) is 0.385. The lowest BCUT2D eigenvalue weighted by molar-refractivity contribution is 0.162. The molecule has 1 rings (SSSR count). The molecule has 0 amide bonds. The summed E-state index contributed by atoms with van der Waals surface area (Å²) < 4.78 is 38.6. The van der Waals surface area contributed by atoms with Crippen molar-refractivity contribution in [2.24, 2.45) is 0 Å². The molecule has 0 radical (unpaired) electrons. The van der Waals surface area contributed by atoms with Gasteiger partial charge in [0.2, 0.25) is 0 Å². The topological polar surface area (TPSA) is 72.8 Å². The molecule has 1 N–H and O–H groups in total. The molecule has 0 aliphatic rings. The third-order valence-corrected chi connectivity index (χ3v) is 2.33. The molecule has 1 aromatic rings. The molecule has 5 nitrogen and oxygen atoms in total. The summed E-state index contributed by atoms with van der Waals surface area (Å²) in [5.41, 5.74) is 0.653. The van der Waals surface area contributed by atoms with Crippen LogP contribution in [0.5, 0.6) is 5.75 Å². The minimum Gasteiger partial charge on any atom is -0.382 e. The first-order valence-corrected chi connectivity index (χ1v) is 7.24. The molecule has 0 unspecified atom stereocenters. The van der Waals surface area contributed by atoms with E-state index in [0.717, 1.165) is 13.2 Å². The lowest BCUT2D eigenvalue weighted by atomic mass is 10.1. The summed E-state index contributed by atoms with van der Waals surface area (Å²) in [5.74, 6) is 0.120. The number of rotatable bonds is 6. The third-order valence-electron chi connectivity index (χ3n) is 1.94. The van der Waals surface area contributed by atoms with Crippen molar-refractivity contribution in [1.29, 1.82) is 0 Å². The van der Waals surface area contributed by atoms with Crippen molar-refractivity contribution in [3.05, 3.63) is 42.5 Å². The third kappa shape index (κ3) is 9.24. The predicted molar refractivity (Wildman–Crippen MR) is 74.7 cm³/mol. The van der Waals surface area contributed by atoms with Gasteiger partial charge in [-0.05, 0) is 31.9 Å². The van der Waals surface area contributed by atoms with Crippen LogP contribution in [0.1, 0.15) is 19.4 Å². The molecule has 0 bridgehead atoms. The predicted octanol–water partition coefficient (Wildman–Crippen LogP) is 2.64. The number of allylic oxidation sites excluding steroid dienone is 1. The first-order chi connectivity index (χ1) is 8.94. The molecule has 0 aromatic heterocycles. The van der Waals surface area contributed by atoms with Crippen LogP contribution in [0.15, 0.2) is 36.9 Å². The van der Waals surface area contributed by atoms with E-state index in [2.05, 4.69) is 10.8 Å². The number of benzene rings is 1. The van der Waals surface area contributed by atoms with Crippen molar-refractivity contribution in [3.63, 3.8) is 0 Å². The van der Waals surface area contributed by atoms with Gasteiger partial charge in [-0.1, -0.05) is 24.3 Å². The van der Waals surface area contributed by atoms with E-state index in [1.807, 2.05) is 13.8 Å². The van der Waals surface area contributed by atoms with Gasteiger partial charge in [0.1, 0.15) is 5.75 Å². The Balaban J connectivity index is 0.000000555. The Morgan fingerprint density at radius 2 is 1.84 bits per heavy atom.